The van der Waals surface area contributed by atoms with Gasteiger partial charge < -0.3 is 9.72 Å². The number of esters is 1. The molecule has 0 saturated heterocycles. The molecule has 7 heteroatoms. The lowest BCUT2D eigenvalue weighted by Gasteiger charge is -2.06. The minimum absolute atomic E-state index is 0.0127. The van der Waals surface area contributed by atoms with Gasteiger partial charge in [-0.05, 0) is 43.5 Å². The third kappa shape index (κ3) is 2.69. The van der Waals surface area contributed by atoms with E-state index in [4.69, 9.17) is 16.3 Å². The van der Waals surface area contributed by atoms with Gasteiger partial charge in [0.05, 0.1) is 18.5 Å². The minimum atomic E-state index is -0.654. The molecule has 2 aromatic heterocycles. The Morgan fingerprint density at radius 3 is 2.75 bits per heavy atom. The zero-order valence-corrected chi connectivity index (χ0v) is 14.3. The summed E-state index contributed by atoms with van der Waals surface area (Å²) in [6.07, 6.45) is 1.63. The van der Waals surface area contributed by atoms with Crippen LogP contribution in [0.25, 0.3) is 16.8 Å². The highest BCUT2D eigenvalue weighted by Gasteiger charge is 2.21. The van der Waals surface area contributed by atoms with E-state index in [-0.39, 0.29) is 22.8 Å². The fourth-order valence-corrected chi connectivity index (χ4v) is 2.72. The zero-order chi connectivity index (χ0) is 17.4. The molecule has 0 atom stereocenters. The summed E-state index contributed by atoms with van der Waals surface area (Å²) >= 11 is 6.13. The molecule has 0 aliphatic carbocycles. The van der Waals surface area contributed by atoms with Crippen LogP contribution < -0.4 is 5.56 Å². The summed E-state index contributed by atoms with van der Waals surface area (Å²) in [5.74, 6) is -0.654. The van der Waals surface area contributed by atoms with Crippen LogP contribution in [0.5, 0.6) is 0 Å². The molecule has 0 spiro atoms. The highest BCUT2D eigenvalue weighted by Crippen LogP contribution is 2.23. The molecule has 0 saturated carbocycles. The van der Waals surface area contributed by atoms with Gasteiger partial charge in [0.1, 0.15) is 5.02 Å². The molecule has 6 nitrogen and oxygen atoms in total. The number of nitrogens with zero attached hydrogens (tertiary/aromatic N) is 2. The number of aryl methyl sites for hydroxylation is 2. The van der Waals surface area contributed by atoms with Crippen molar-refractivity contribution in [3.8, 4) is 11.3 Å². The summed E-state index contributed by atoms with van der Waals surface area (Å²) in [5, 5.41) is 4.10. The first-order valence-electron chi connectivity index (χ1n) is 7.48. The van der Waals surface area contributed by atoms with Gasteiger partial charge in [0.25, 0.3) is 5.56 Å². The number of hydrogen-bond acceptors (Lipinski definition) is 4. The topological polar surface area (TPSA) is 76.5 Å². The minimum Gasteiger partial charge on any atom is -0.461 e. The highest BCUT2D eigenvalue weighted by molar-refractivity contribution is 6.36. The highest BCUT2D eigenvalue weighted by atomic mass is 35.5. The molecule has 3 aromatic rings. The van der Waals surface area contributed by atoms with Crippen molar-refractivity contribution in [3.63, 3.8) is 0 Å². The Kier molecular flexibility index (Phi) is 4.15. The Hall–Kier alpha value is -2.60. The maximum Gasteiger partial charge on any atom is 0.360 e. The smallest absolute Gasteiger partial charge is 0.360 e. The number of hydrogen-bond donors (Lipinski definition) is 1. The number of ether oxygens (including phenoxy) is 1. The molecular formula is C17H16ClN3O3. The van der Waals surface area contributed by atoms with Crippen LogP contribution in [0.1, 0.15) is 28.5 Å². The molecule has 2 heterocycles. The van der Waals surface area contributed by atoms with Crippen molar-refractivity contribution in [3.05, 3.63) is 56.6 Å². The predicted molar refractivity (Wildman–Crippen MR) is 91.7 cm³/mol. The van der Waals surface area contributed by atoms with Crippen molar-refractivity contribution in [2.75, 3.05) is 6.61 Å². The fourth-order valence-electron chi connectivity index (χ4n) is 2.43. The van der Waals surface area contributed by atoms with Crippen LogP contribution in [0.4, 0.5) is 0 Å². The molecule has 0 aliphatic rings. The standard InChI is InChI=1S/C17H16ClN3O3/c1-4-24-17(23)14-13(18)15-16(22)19-12(8-21(15)20-14)11-6-5-9(2)10(3)7-11/h5-8H,4H2,1-3H3,(H,19,22). The van der Waals surface area contributed by atoms with E-state index in [2.05, 4.69) is 10.1 Å². The third-order valence-corrected chi connectivity index (χ3v) is 4.21. The molecule has 0 radical (unpaired) electrons. The van der Waals surface area contributed by atoms with Crippen LogP contribution in [0.3, 0.4) is 0 Å². The first kappa shape index (κ1) is 16.3. The van der Waals surface area contributed by atoms with Gasteiger partial charge in [-0.25, -0.2) is 9.31 Å². The van der Waals surface area contributed by atoms with Crippen LogP contribution in [0.15, 0.2) is 29.2 Å². The van der Waals surface area contributed by atoms with Gasteiger partial charge in [0.15, 0.2) is 11.2 Å². The Morgan fingerprint density at radius 2 is 2.08 bits per heavy atom. The first-order valence-corrected chi connectivity index (χ1v) is 7.86. The fraction of sp³-hybridized carbons (Fsp3) is 0.235. The second-order valence-corrected chi connectivity index (χ2v) is 5.85. The molecule has 0 fully saturated rings. The van der Waals surface area contributed by atoms with Gasteiger partial charge >= 0.3 is 5.97 Å². The Balaban J connectivity index is 2.18. The van der Waals surface area contributed by atoms with Crippen LogP contribution in [-0.2, 0) is 4.74 Å². The molecule has 24 heavy (non-hydrogen) atoms. The summed E-state index contributed by atoms with van der Waals surface area (Å²) in [4.78, 5) is 27.1. The summed E-state index contributed by atoms with van der Waals surface area (Å²) < 4.78 is 6.23. The Bertz CT molecular complexity index is 1000. The largest absolute Gasteiger partial charge is 0.461 e. The van der Waals surface area contributed by atoms with Gasteiger partial charge in [-0.3, -0.25) is 4.79 Å². The molecule has 124 valence electrons. The quantitative estimate of drug-likeness (QED) is 0.740. The van der Waals surface area contributed by atoms with Gasteiger partial charge in [-0.15, -0.1) is 0 Å². The van der Waals surface area contributed by atoms with Crippen LogP contribution in [-0.4, -0.2) is 27.2 Å². The molecule has 0 unspecified atom stereocenters. The number of rotatable bonds is 3. The van der Waals surface area contributed by atoms with E-state index >= 15 is 0 Å². The second-order valence-electron chi connectivity index (χ2n) is 5.47. The predicted octanol–water partition coefficient (Wildman–Crippen LogP) is 3.14. The number of benzene rings is 1. The molecule has 3 rings (SSSR count). The number of aromatic nitrogens is 3. The number of halogens is 1. The van der Waals surface area contributed by atoms with E-state index < -0.39 is 11.5 Å². The lowest BCUT2D eigenvalue weighted by Crippen LogP contribution is -2.11. The van der Waals surface area contributed by atoms with E-state index in [0.29, 0.717) is 5.69 Å². The molecule has 1 N–H and O–H groups in total. The lowest BCUT2D eigenvalue weighted by molar-refractivity contribution is 0.0519. The van der Waals surface area contributed by atoms with E-state index in [1.807, 2.05) is 32.0 Å². The maximum absolute atomic E-state index is 12.4. The number of carbonyl (C=O) groups is 1. The van der Waals surface area contributed by atoms with Crippen molar-refractivity contribution >= 4 is 23.1 Å². The van der Waals surface area contributed by atoms with Crippen molar-refractivity contribution in [1.29, 1.82) is 0 Å². The van der Waals surface area contributed by atoms with Crippen molar-refractivity contribution in [2.24, 2.45) is 0 Å². The zero-order valence-electron chi connectivity index (χ0n) is 13.5. The van der Waals surface area contributed by atoms with E-state index in [0.717, 1.165) is 16.7 Å². The van der Waals surface area contributed by atoms with Gasteiger partial charge in [0, 0.05) is 0 Å². The van der Waals surface area contributed by atoms with Crippen LogP contribution >= 0.6 is 11.6 Å². The van der Waals surface area contributed by atoms with Crippen molar-refractivity contribution < 1.29 is 9.53 Å². The van der Waals surface area contributed by atoms with Gasteiger partial charge in [0.2, 0.25) is 0 Å². The monoisotopic (exact) mass is 345 g/mol. The summed E-state index contributed by atoms with van der Waals surface area (Å²) in [7, 11) is 0. The van der Waals surface area contributed by atoms with E-state index in [1.165, 1.54) is 4.52 Å². The number of carbonyl (C=O) groups excluding carboxylic acids is 1. The van der Waals surface area contributed by atoms with E-state index in [9.17, 15) is 9.59 Å². The van der Waals surface area contributed by atoms with Crippen molar-refractivity contribution in [1.82, 2.24) is 14.6 Å². The summed E-state index contributed by atoms with van der Waals surface area (Å²) in [6.45, 7) is 5.91. The summed E-state index contributed by atoms with van der Waals surface area (Å²) in [5.41, 5.74) is 3.34. The van der Waals surface area contributed by atoms with E-state index in [1.54, 1.807) is 13.1 Å². The molecule has 0 aliphatic heterocycles. The Morgan fingerprint density at radius 1 is 1.33 bits per heavy atom. The summed E-state index contributed by atoms with van der Waals surface area (Å²) in [6, 6.07) is 5.87. The second kappa shape index (κ2) is 6.13. The average Bonchev–Trinajstić information content (AvgIpc) is 2.87. The van der Waals surface area contributed by atoms with Gasteiger partial charge in [-0.2, -0.15) is 5.10 Å². The lowest BCUT2D eigenvalue weighted by atomic mass is 10.0. The first-order chi connectivity index (χ1) is 11.4. The normalized spacial score (nSPS) is 11.0. The van der Waals surface area contributed by atoms with Gasteiger partial charge in [-0.1, -0.05) is 23.7 Å². The number of H-pyrrole nitrogens is 1. The molecule has 0 amide bonds. The van der Waals surface area contributed by atoms with Crippen LogP contribution in [0, 0.1) is 13.8 Å². The molecule has 0 bridgehead atoms. The number of fused-ring (bicyclic) bond motifs is 1. The SMILES string of the molecule is CCOC(=O)c1nn2cc(-c3ccc(C)c(C)c3)[nH]c(=O)c2c1Cl. The Labute approximate surface area is 143 Å². The third-order valence-electron chi connectivity index (χ3n) is 3.85. The maximum atomic E-state index is 12.4. The molecule has 1 aromatic carbocycles. The molecular weight excluding hydrogens is 330 g/mol. The number of aromatic amines is 1. The van der Waals surface area contributed by atoms with Crippen molar-refractivity contribution in [2.45, 2.75) is 20.8 Å². The number of nitrogens with one attached hydrogen (secondary N) is 1. The van der Waals surface area contributed by atoms with Crippen LogP contribution in [0.2, 0.25) is 5.02 Å². The average molecular weight is 346 g/mol.